The fourth-order valence-electron chi connectivity index (χ4n) is 1.25. The van der Waals surface area contributed by atoms with E-state index in [4.69, 9.17) is 22.7 Å². The van der Waals surface area contributed by atoms with Crippen LogP contribution in [0.25, 0.3) is 0 Å². The van der Waals surface area contributed by atoms with E-state index in [1.807, 2.05) is 18.3 Å². The first-order valence-corrected chi connectivity index (χ1v) is 6.24. The molecule has 3 nitrogen and oxygen atoms in total. The summed E-state index contributed by atoms with van der Waals surface area (Å²) in [4.78, 5) is 0.537. The average molecular weight is 274 g/mol. The average Bonchev–Trinajstić information content (AvgIpc) is 2.30. The van der Waals surface area contributed by atoms with Crippen LogP contribution in [0.15, 0.2) is 17.0 Å². The molecule has 0 radical (unpaired) electrons. The van der Waals surface area contributed by atoms with Crippen molar-refractivity contribution in [2.24, 2.45) is 5.73 Å². The molecule has 0 saturated carbocycles. The molecule has 0 fully saturated rings. The van der Waals surface area contributed by atoms with Crippen molar-refractivity contribution in [1.29, 1.82) is 0 Å². The third-order valence-electron chi connectivity index (χ3n) is 2.23. The fourth-order valence-corrected chi connectivity index (χ4v) is 2.42. The number of hydrogen-bond acceptors (Lipinski definition) is 4. The van der Waals surface area contributed by atoms with Crippen molar-refractivity contribution in [1.82, 2.24) is 4.31 Å². The van der Waals surface area contributed by atoms with E-state index >= 15 is 0 Å². The highest BCUT2D eigenvalue weighted by molar-refractivity contribution is 7.97. The molecule has 0 amide bonds. The first-order valence-electron chi connectivity index (χ1n) is 5.06. The van der Waals surface area contributed by atoms with Crippen LogP contribution in [0.4, 0.5) is 4.39 Å². The first kappa shape index (κ1) is 14.2. The molecule has 0 bridgehead atoms. The molecule has 0 aliphatic carbocycles. The highest BCUT2D eigenvalue weighted by Crippen LogP contribution is 2.33. The van der Waals surface area contributed by atoms with Gasteiger partial charge in [-0.15, -0.1) is 0 Å². The van der Waals surface area contributed by atoms with Crippen LogP contribution >= 0.6 is 24.2 Å². The zero-order chi connectivity index (χ0) is 13.0. The Bertz CT molecular complexity index is 426. The van der Waals surface area contributed by atoms with Gasteiger partial charge in [-0.05, 0) is 31.1 Å². The third kappa shape index (κ3) is 3.31. The van der Waals surface area contributed by atoms with Crippen LogP contribution in [0, 0.1) is 5.82 Å². The molecule has 94 valence electrons. The van der Waals surface area contributed by atoms with Crippen molar-refractivity contribution in [2.75, 3.05) is 20.7 Å². The lowest BCUT2D eigenvalue weighted by Crippen LogP contribution is -2.16. The van der Waals surface area contributed by atoms with Crippen molar-refractivity contribution in [3.63, 3.8) is 0 Å². The summed E-state index contributed by atoms with van der Waals surface area (Å²) in [7, 11) is 3.37. The summed E-state index contributed by atoms with van der Waals surface area (Å²) >= 11 is 6.22. The number of benzene rings is 1. The number of halogens is 1. The van der Waals surface area contributed by atoms with Gasteiger partial charge < -0.3 is 10.5 Å². The summed E-state index contributed by atoms with van der Waals surface area (Å²) in [5.74, 6) is 0.143. The van der Waals surface area contributed by atoms with Gasteiger partial charge in [-0.25, -0.2) is 8.70 Å². The smallest absolute Gasteiger partial charge is 0.139 e. The Hall–Kier alpha value is -0.850. The molecule has 1 rings (SSSR count). The summed E-state index contributed by atoms with van der Waals surface area (Å²) in [6, 6.07) is 2.88. The van der Waals surface area contributed by atoms with Crippen molar-refractivity contribution in [3.05, 3.63) is 23.5 Å². The maximum absolute atomic E-state index is 13.8. The zero-order valence-electron chi connectivity index (χ0n) is 9.99. The van der Waals surface area contributed by atoms with Gasteiger partial charge in [0, 0.05) is 6.54 Å². The van der Waals surface area contributed by atoms with E-state index in [2.05, 4.69) is 0 Å². The Kier molecular flexibility index (Phi) is 5.17. The highest BCUT2D eigenvalue weighted by atomic mass is 32.2. The maximum Gasteiger partial charge on any atom is 0.139 e. The van der Waals surface area contributed by atoms with Crippen LogP contribution in [-0.4, -0.2) is 30.0 Å². The van der Waals surface area contributed by atoms with E-state index < -0.39 is 0 Å². The molecule has 0 heterocycles. The van der Waals surface area contributed by atoms with E-state index in [1.54, 1.807) is 0 Å². The molecule has 0 atom stereocenters. The second-order valence-electron chi connectivity index (χ2n) is 3.35. The van der Waals surface area contributed by atoms with Gasteiger partial charge in [0.25, 0.3) is 0 Å². The summed E-state index contributed by atoms with van der Waals surface area (Å²) in [5, 5.41) is 0. The number of thiocarbonyl (C=S) groups is 1. The van der Waals surface area contributed by atoms with E-state index in [0.29, 0.717) is 16.2 Å². The lowest BCUT2D eigenvalue weighted by Gasteiger charge is -2.17. The Morgan fingerprint density at radius 3 is 2.71 bits per heavy atom. The second-order valence-corrected chi connectivity index (χ2v) is 5.01. The minimum absolute atomic E-state index is 0.133. The quantitative estimate of drug-likeness (QED) is 0.659. The fraction of sp³-hybridized carbons (Fsp3) is 0.364. The van der Waals surface area contributed by atoms with Crippen LogP contribution in [0.2, 0.25) is 0 Å². The molecule has 0 aromatic heterocycles. The van der Waals surface area contributed by atoms with Crippen molar-refractivity contribution in [3.8, 4) is 5.75 Å². The number of hydrogen-bond donors (Lipinski definition) is 1. The number of nitrogens with zero attached hydrogens (tertiary/aromatic N) is 1. The molecule has 2 N–H and O–H groups in total. The number of methoxy groups -OCH3 is 1. The molecule has 0 aliphatic heterocycles. The summed E-state index contributed by atoms with van der Waals surface area (Å²) in [6.07, 6.45) is 0. The van der Waals surface area contributed by atoms with E-state index in [1.165, 1.54) is 31.2 Å². The van der Waals surface area contributed by atoms with Gasteiger partial charge in [0.1, 0.15) is 16.6 Å². The van der Waals surface area contributed by atoms with Crippen LogP contribution in [-0.2, 0) is 0 Å². The Labute approximate surface area is 110 Å². The molecule has 17 heavy (non-hydrogen) atoms. The Morgan fingerprint density at radius 1 is 1.59 bits per heavy atom. The third-order valence-corrected chi connectivity index (χ3v) is 3.59. The van der Waals surface area contributed by atoms with Gasteiger partial charge in [-0.1, -0.05) is 19.1 Å². The Morgan fingerprint density at radius 2 is 2.24 bits per heavy atom. The Balaban J connectivity index is 3.28. The van der Waals surface area contributed by atoms with E-state index in [0.717, 1.165) is 6.54 Å². The van der Waals surface area contributed by atoms with Crippen LogP contribution in [0.1, 0.15) is 12.5 Å². The predicted molar refractivity (Wildman–Crippen MR) is 73.0 cm³/mol. The second kappa shape index (κ2) is 6.18. The molecular weight excluding hydrogens is 259 g/mol. The SMILES string of the molecule is CCN(C)Sc1c(F)ccc(OC)c1C(N)=S. The van der Waals surface area contributed by atoms with E-state index in [9.17, 15) is 4.39 Å². The van der Waals surface area contributed by atoms with Crippen molar-refractivity contribution in [2.45, 2.75) is 11.8 Å². The van der Waals surface area contributed by atoms with Gasteiger partial charge in [-0.3, -0.25) is 0 Å². The molecule has 1 aromatic rings. The molecule has 0 unspecified atom stereocenters. The van der Waals surface area contributed by atoms with Crippen molar-refractivity contribution >= 4 is 29.2 Å². The number of rotatable bonds is 5. The summed E-state index contributed by atoms with van der Waals surface area (Å²) in [5.41, 5.74) is 6.08. The lowest BCUT2D eigenvalue weighted by molar-refractivity contribution is 0.410. The van der Waals surface area contributed by atoms with E-state index in [-0.39, 0.29) is 10.8 Å². The van der Waals surface area contributed by atoms with Crippen LogP contribution < -0.4 is 10.5 Å². The standard InChI is InChI=1S/C11H15FN2OS2/c1-4-14(2)17-10-7(12)5-6-8(15-3)9(10)11(13)16/h5-6H,4H2,1-3H3,(H2,13,16). The largest absolute Gasteiger partial charge is 0.496 e. The zero-order valence-corrected chi connectivity index (χ0v) is 11.6. The molecule has 0 saturated heterocycles. The molecule has 0 aliphatic rings. The summed E-state index contributed by atoms with van der Waals surface area (Å²) in [6.45, 7) is 2.75. The molecule has 6 heteroatoms. The highest BCUT2D eigenvalue weighted by Gasteiger charge is 2.18. The topological polar surface area (TPSA) is 38.5 Å². The normalized spacial score (nSPS) is 10.6. The number of ether oxygens (including phenoxy) is 1. The lowest BCUT2D eigenvalue weighted by atomic mass is 10.2. The van der Waals surface area contributed by atoms with Gasteiger partial charge in [0.2, 0.25) is 0 Å². The van der Waals surface area contributed by atoms with Gasteiger partial charge >= 0.3 is 0 Å². The molecule has 0 spiro atoms. The maximum atomic E-state index is 13.8. The van der Waals surface area contributed by atoms with Crippen molar-refractivity contribution < 1.29 is 9.13 Å². The minimum atomic E-state index is -0.348. The van der Waals surface area contributed by atoms with Crippen LogP contribution in [0.5, 0.6) is 5.75 Å². The first-order chi connectivity index (χ1) is 8.01. The monoisotopic (exact) mass is 274 g/mol. The van der Waals surface area contributed by atoms with Crippen LogP contribution in [0.3, 0.4) is 0 Å². The van der Waals surface area contributed by atoms with Gasteiger partial charge in [0.15, 0.2) is 0 Å². The minimum Gasteiger partial charge on any atom is -0.496 e. The van der Waals surface area contributed by atoms with Gasteiger partial charge in [0.05, 0.1) is 17.6 Å². The predicted octanol–water partition coefficient (Wildman–Crippen LogP) is 2.43. The molecule has 1 aromatic carbocycles. The molecular formula is C11H15FN2OS2. The summed E-state index contributed by atoms with van der Waals surface area (Å²) < 4.78 is 20.8. The number of nitrogens with two attached hydrogens (primary N) is 1. The van der Waals surface area contributed by atoms with Gasteiger partial charge in [-0.2, -0.15) is 0 Å².